The van der Waals surface area contributed by atoms with Crippen molar-refractivity contribution in [2.24, 2.45) is 0 Å². The molecule has 11 heteroatoms. The fourth-order valence-corrected chi connectivity index (χ4v) is 6.71. The number of carbonyl (C=O) groups excluding carboxylic acids is 1. The first-order chi connectivity index (χ1) is 16.4. The van der Waals surface area contributed by atoms with Gasteiger partial charge in [0, 0.05) is 18.7 Å². The topological polar surface area (TPSA) is 104 Å². The summed E-state index contributed by atoms with van der Waals surface area (Å²) in [5, 5.41) is 9.38. The van der Waals surface area contributed by atoms with Gasteiger partial charge in [-0.25, -0.2) is 8.42 Å². The molecule has 1 aromatic heterocycles. The van der Waals surface area contributed by atoms with Crippen molar-refractivity contribution < 1.29 is 22.7 Å². The molecule has 1 saturated heterocycles. The molecule has 0 radical (unpaired) electrons. The average Bonchev–Trinajstić information content (AvgIpc) is 3.55. The van der Waals surface area contributed by atoms with Crippen LogP contribution in [0.15, 0.2) is 53.7 Å². The zero-order valence-corrected chi connectivity index (χ0v) is 20.2. The van der Waals surface area contributed by atoms with E-state index in [0.29, 0.717) is 35.4 Å². The maximum Gasteiger partial charge on any atom is 0.233 e. The van der Waals surface area contributed by atoms with Gasteiger partial charge in [-0.3, -0.25) is 9.36 Å². The molecular weight excluding hydrogens is 476 g/mol. The predicted molar refractivity (Wildman–Crippen MR) is 128 cm³/mol. The third kappa shape index (κ3) is 4.76. The van der Waals surface area contributed by atoms with Crippen LogP contribution in [0.3, 0.4) is 0 Å². The van der Waals surface area contributed by atoms with Gasteiger partial charge in [0.05, 0.1) is 23.8 Å². The summed E-state index contributed by atoms with van der Waals surface area (Å²) in [5.41, 5.74) is 1.91. The quantitative estimate of drug-likeness (QED) is 0.456. The Kier molecular flexibility index (Phi) is 6.22. The molecule has 0 spiro atoms. The van der Waals surface area contributed by atoms with E-state index in [-0.39, 0.29) is 36.0 Å². The van der Waals surface area contributed by atoms with Crippen molar-refractivity contribution >= 4 is 27.5 Å². The van der Waals surface area contributed by atoms with Crippen LogP contribution in [-0.2, 0) is 21.2 Å². The molecule has 0 bridgehead atoms. The second-order valence-electron chi connectivity index (χ2n) is 8.30. The lowest BCUT2D eigenvalue weighted by molar-refractivity contribution is -0.128. The highest BCUT2D eigenvalue weighted by molar-refractivity contribution is 7.99. The molecule has 9 nitrogen and oxygen atoms in total. The summed E-state index contributed by atoms with van der Waals surface area (Å²) in [4.78, 5) is 14.4. The van der Waals surface area contributed by atoms with Crippen molar-refractivity contribution in [1.29, 1.82) is 0 Å². The molecule has 2 aliphatic rings. The summed E-state index contributed by atoms with van der Waals surface area (Å²) in [6, 6.07) is 15.3. The molecule has 2 aromatic carbocycles. The highest BCUT2D eigenvalue weighted by Gasteiger charge is 2.32. The van der Waals surface area contributed by atoms with Crippen molar-refractivity contribution in [2.75, 3.05) is 31.1 Å². The summed E-state index contributed by atoms with van der Waals surface area (Å²) < 4.78 is 36.5. The highest BCUT2D eigenvalue weighted by Crippen LogP contribution is 2.34. The Morgan fingerprint density at radius 3 is 2.71 bits per heavy atom. The van der Waals surface area contributed by atoms with E-state index in [9.17, 15) is 13.2 Å². The SMILES string of the molecule is CN(C(=O)CSc1nnc(-c2ccccc2)n1Cc1ccc2c(c1)OCO2)[C@H]1CCS(=O)(=O)C1. The maximum absolute atomic E-state index is 12.8. The summed E-state index contributed by atoms with van der Waals surface area (Å²) >= 11 is 1.30. The molecule has 1 amide bonds. The summed E-state index contributed by atoms with van der Waals surface area (Å²) in [6.45, 7) is 0.695. The lowest BCUT2D eigenvalue weighted by Gasteiger charge is -2.23. The number of amides is 1. The van der Waals surface area contributed by atoms with Gasteiger partial charge in [-0.15, -0.1) is 10.2 Å². The summed E-state index contributed by atoms with van der Waals surface area (Å²) in [7, 11) is -1.39. The van der Waals surface area contributed by atoms with E-state index < -0.39 is 9.84 Å². The van der Waals surface area contributed by atoms with Crippen LogP contribution < -0.4 is 9.47 Å². The number of hydrogen-bond acceptors (Lipinski definition) is 8. The molecule has 0 aliphatic carbocycles. The van der Waals surface area contributed by atoms with Gasteiger partial charge in [0.2, 0.25) is 12.7 Å². The van der Waals surface area contributed by atoms with Crippen molar-refractivity contribution in [2.45, 2.75) is 24.2 Å². The first-order valence-electron chi connectivity index (χ1n) is 10.9. The molecule has 2 aliphatic heterocycles. The van der Waals surface area contributed by atoms with Crippen LogP contribution in [0.2, 0.25) is 0 Å². The highest BCUT2D eigenvalue weighted by atomic mass is 32.2. The van der Waals surface area contributed by atoms with Gasteiger partial charge in [-0.1, -0.05) is 48.2 Å². The molecule has 0 unspecified atom stereocenters. The van der Waals surface area contributed by atoms with Crippen LogP contribution in [0.1, 0.15) is 12.0 Å². The van der Waals surface area contributed by atoms with Crippen LogP contribution in [0.5, 0.6) is 11.5 Å². The van der Waals surface area contributed by atoms with E-state index in [0.717, 1.165) is 11.1 Å². The molecule has 3 heterocycles. The lowest BCUT2D eigenvalue weighted by atomic mass is 10.2. The van der Waals surface area contributed by atoms with E-state index in [2.05, 4.69) is 10.2 Å². The van der Waals surface area contributed by atoms with Crippen molar-refractivity contribution in [1.82, 2.24) is 19.7 Å². The van der Waals surface area contributed by atoms with E-state index in [1.807, 2.05) is 53.1 Å². The Morgan fingerprint density at radius 2 is 1.94 bits per heavy atom. The molecule has 1 atom stereocenters. The zero-order valence-electron chi connectivity index (χ0n) is 18.6. The Morgan fingerprint density at radius 1 is 1.15 bits per heavy atom. The van der Waals surface area contributed by atoms with E-state index >= 15 is 0 Å². The molecule has 5 rings (SSSR count). The van der Waals surface area contributed by atoms with Gasteiger partial charge in [0.15, 0.2) is 32.3 Å². The third-order valence-electron chi connectivity index (χ3n) is 6.00. The van der Waals surface area contributed by atoms with E-state index in [4.69, 9.17) is 9.47 Å². The minimum atomic E-state index is -3.06. The molecule has 178 valence electrons. The lowest BCUT2D eigenvalue weighted by Crippen LogP contribution is -2.38. The summed E-state index contributed by atoms with van der Waals surface area (Å²) in [6.07, 6.45) is 0.480. The van der Waals surface area contributed by atoms with Crippen molar-refractivity contribution in [3.63, 3.8) is 0 Å². The average molecular weight is 501 g/mol. The molecule has 0 saturated carbocycles. The Labute approximate surface area is 202 Å². The number of rotatable bonds is 7. The van der Waals surface area contributed by atoms with Gasteiger partial charge < -0.3 is 14.4 Å². The zero-order chi connectivity index (χ0) is 23.7. The summed E-state index contributed by atoms with van der Waals surface area (Å²) in [5.74, 6) is 2.28. The fourth-order valence-electron chi connectivity index (χ4n) is 4.07. The number of aromatic nitrogens is 3. The fraction of sp³-hybridized carbons (Fsp3) is 0.348. The number of benzene rings is 2. The monoisotopic (exact) mass is 500 g/mol. The Balaban J connectivity index is 1.36. The minimum absolute atomic E-state index is 0.0261. The second-order valence-corrected chi connectivity index (χ2v) is 11.5. The first-order valence-corrected chi connectivity index (χ1v) is 13.7. The van der Waals surface area contributed by atoms with E-state index in [1.165, 1.54) is 11.8 Å². The van der Waals surface area contributed by atoms with Crippen molar-refractivity contribution in [3.05, 3.63) is 54.1 Å². The van der Waals surface area contributed by atoms with Gasteiger partial charge in [-0.2, -0.15) is 0 Å². The van der Waals surface area contributed by atoms with Crippen LogP contribution >= 0.6 is 11.8 Å². The smallest absolute Gasteiger partial charge is 0.233 e. The number of hydrogen-bond donors (Lipinski definition) is 0. The Hall–Kier alpha value is -3.05. The van der Waals surface area contributed by atoms with Crippen LogP contribution in [0.25, 0.3) is 11.4 Å². The molecule has 1 fully saturated rings. The minimum Gasteiger partial charge on any atom is -0.454 e. The molecular formula is C23H24N4O5S2. The first kappa shape index (κ1) is 22.7. The molecule has 0 N–H and O–H groups in total. The largest absolute Gasteiger partial charge is 0.454 e. The van der Waals surface area contributed by atoms with Gasteiger partial charge in [0.1, 0.15) is 0 Å². The van der Waals surface area contributed by atoms with E-state index in [1.54, 1.807) is 11.9 Å². The number of fused-ring (bicyclic) bond motifs is 1. The van der Waals surface area contributed by atoms with Gasteiger partial charge in [-0.05, 0) is 24.1 Å². The normalized spacial score (nSPS) is 18.2. The predicted octanol–water partition coefficient (Wildman–Crippen LogP) is 2.46. The standard InChI is InChI=1S/C23H24N4O5S2/c1-26(18-9-10-34(29,30)14-18)21(28)13-33-23-25-24-22(17-5-3-2-4-6-17)27(23)12-16-7-8-19-20(11-16)32-15-31-19/h2-8,11,18H,9-10,12-15H2,1H3/t18-/m0/s1. The third-order valence-corrected chi connectivity index (χ3v) is 8.70. The maximum atomic E-state index is 12.8. The van der Waals surface area contributed by atoms with Crippen LogP contribution in [0, 0.1) is 0 Å². The van der Waals surface area contributed by atoms with Crippen molar-refractivity contribution in [3.8, 4) is 22.9 Å². The molecule has 3 aromatic rings. The number of carbonyl (C=O) groups is 1. The number of sulfone groups is 1. The van der Waals surface area contributed by atoms with Gasteiger partial charge in [0.25, 0.3) is 0 Å². The van der Waals surface area contributed by atoms with Crippen LogP contribution in [-0.4, -0.2) is 71.1 Å². The van der Waals surface area contributed by atoms with Gasteiger partial charge >= 0.3 is 0 Å². The number of thioether (sulfide) groups is 1. The number of ether oxygens (including phenoxy) is 2. The second kappa shape index (κ2) is 9.30. The Bertz CT molecular complexity index is 1310. The number of nitrogens with zero attached hydrogens (tertiary/aromatic N) is 4. The van der Waals surface area contributed by atoms with Crippen LogP contribution in [0.4, 0.5) is 0 Å². The molecule has 34 heavy (non-hydrogen) atoms.